The molecule has 0 aromatic heterocycles. The Bertz CT molecular complexity index is 818. The van der Waals surface area contributed by atoms with Crippen molar-refractivity contribution in [1.82, 2.24) is 0 Å². The molecule has 3 rings (SSSR count). The van der Waals surface area contributed by atoms with Gasteiger partial charge in [0.2, 0.25) is 0 Å². The van der Waals surface area contributed by atoms with E-state index in [0.717, 1.165) is 5.56 Å². The Morgan fingerprint density at radius 3 is 2.62 bits per heavy atom. The fourth-order valence-electron chi connectivity index (χ4n) is 2.31. The van der Waals surface area contributed by atoms with Gasteiger partial charge in [0.05, 0.1) is 17.2 Å². The minimum atomic E-state index is -0.356. The lowest BCUT2D eigenvalue weighted by molar-refractivity contribution is -0.113. The van der Waals surface area contributed by atoms with Gasteiger partial charge in [-0.2, -0.15) is 0 Å². The first-order valence-electron chi connectivity index (χ1n) is 7.35. The number of carbonyl (C=O) groups is 1. The van der Waals surface area contributed by atoms with E-state index in [0.29, 0.717) is 27.3 Å². The highest BCUT2D eigenvalue weighted by molar-refractivity contribution is 8.27. The van der Waals surface area contributed by atoms with Gasteiger partial charge in [0.25, 0.3) is 5.91 Å². The summed E-state index contributed by atoms with van der Waals surface area (Å²) in [7, 11) is 0. The summed E-state index contributed by atoms with van der Waals surface area (Å²) in [6.07, 6.45) is 1.77. The van der Waals surface area contributed by atoms with E-state index in [9.17, 15) is 9.18 Å². The molecular weight excluding hydrogens is 345 g/mol. The minimum absolute atomic E-state index is 0.220. The second-order valence-electron chi connectivity index (χ2n) is 4.96. The number of anilines is 1. The normalized spacial score (nSPS) is 16.1. The standard InChI is InChI=1S/C18H14FNO2S2/c1-2-22-15-6-4-3-5-12(15)11-16-17(21)20(18(23)24-16)14-9-7-13(19)8-10-14/h3-11H,2H2,1H3/b16-11-. The minimum Gasteiger partial charge on any atom is -0.493 e. The van der Waals surface area contributed by atoms with Crippen molar-refractivity contribution in [2.45, 2.75) is 6.92 Å². The molecule has 0 spiro atoms. The molecule has 0 aliphatic carbocycles. The molecule has 6 heteroatoms. The molecule has 1 heterocycles. The summed E-state index contributed by atoms with van der Waals surface area (Å²) in [6.45, 7) is 2.45. The highest BCUT2D eigenvalue weighted by Crippen LogP contribution is 2.37. The van der Waals surface area contributed by atoms with Crippen molar-refractivity contribution in [1.29, 1.82) is 0 Å². The summed E-state index contributed by atoms with van der Waals surface area (Å²) in [4.78, 5) is 14.6. The van der Waals surface area contributed by atoms with Gasteiger partial charge < -0.3 is 4.74 Å². The summed E-state index contributed by atoms with van der Waals surface area (Å²) < 4.78 is 19.1. The largest absolute Gasteiger partial charge is 0.493 e. The average Bonchev–Trinajstić information content (AvgIpc) is 2.85. The summed E-state index contributed by atoms with van der Waals surface area (Å²) >= 11 is 6.53. The Kier molecular flexibility index (Phi) is 4.97. The molecule has 1 aliphatic rings. The first kappa shape index (κ1) is 16.7. The fraction of sp³-hybridized carbons (Fsp3) is 0.111. The number of para-hydroxylation sites is 1. The Morgan fingerprint density at radius 2 is 1.92 bits per heavy atom. The summed E-state index contributed by atoms with van der Waals surface area (Å²) in [6, 6.07) is 13.2. The van der Waals surface area contributed by atoms with Crippen LogP contribution in [0.4, 0.5) is 10.1 Å². The third kappa shape index (κ3) is 3.34. The highest BCUT2D eigenvalue weighted by Gasteiger charge is 2.33. The van der Waals surface area contributed by atoms with Crippen molar-refractivity contribution in [3.8, 4) is 5.75 Å². The van der Waals surface area contributed by atoms with Crippen molar-refractivity contribution in [3.05, 3.63) is 64.8 Å². The van der Waals surface area contributed by atoms with Gasteiger partial charge in [-0.3, -0.25) is 9.69 Å². The van der Waals surface area contributed by atoms with E-state index < -0.39 is 0 Å². The molecule has 122 valence electrons. The van der Waals surface area contributed by atoms with E-state index in [1.165, 1.54) is 40.9 Å². The third-order valence-corrected chi connectivity index (χ3v) is 4.69. The van der Waals surface area contributed by atoms with Crippen molar-refractivity contribution < 1.29 is 13.9 Å². The van der Waals surface area contributed by atoms with Gasteiger partial charge in [0.15, 0.2) is 4.32 Å². The second-order valence-corrected chi connectivity index (χ2v) is 6.64. The van der Waals surface area contributed by atoms with E-state index in [1.807, 2.05) is 31.2 Å². The third-order valence-electron chi connectivity index (χ3n) is 3.38. The zero-order chi connectivity index (χ0) is 17.1. The number of halogens is 1. The zero-order valence-corrected chi connectivity index (χ0v) is 14.5. The SMILES string of the molecule is CCOc1ccccc1/C=C1\SC(=S)N(c2ccc(F)cc2)C1=O. The Morgan fingerprint density at radius 1 is 1.21 bits per heavy atom. The second kappa shape index (κ2) is 7.15. The molecule has 0 unspecified atom stereocenters. The number of amides is 1. The monoisotopic (exact) mass is 359 g/mol. The van der Waals surface area contributed by atoms with Crippen molar-refractivity contribution >= 4 is 46.0 Å². The Balaban J connectivity index is 1.93. The van der Waals surface area contributed by atoms with E-state index in [4.69, 9.17) is 17.0 Å². The number of rotatable bonds is 4. The molecule has 2 aromatic rings. The quantitative estimate of drug-likeness (QED) is 0.588. The number of thioether (sulfide) groups is 1. The molecule has 24 heavy (non-hydrogen) atoms. The molecule has 1 saturated heterocycles. The molecule has 0 atom stereocenters. The van der Waals surface area contributed by atoms with Crippen LogP contribution in [0.5, 0.6) is 5.75 Å². The summed E-state index contributed by atoms with van der Waals surface area (Å²) in [5, 5.41) is 0. The topological polar surface area (TPSA) is 29.5 Å². The average molecular weight is 359 g/mol. The number of benzene rings is 2. The first-order valence-corrected chi connectivity index (χ1v) is 8.58. The molecule has 3 nitrogen and oxygen atoms in total. The van der Waals surface area contributed by atoms with E-state index in [2.05, 4.69) is 0 Å². The molecule has 0 radical (unpaired) electrons. The molecule has 0 N–H and O–H groups in total. The fourth-order valence-corrected chi connectivity index (χ4v) is 3.60. The van der Waals surface area contributed by atoms with Gasteiger partial charge in [-0.05, 0) is 43.3 Å². The highest BCUT2D eigenvalue weighted by atomic mass is 32.2. The maximum absolute atomic E-state index is 13.1. The van der Waals surface area contributed by atoms with E-state index in [1.54, 1.807) is 6.08 Å². The molecule has 1 fully saturated rings. The maximum Gasteiger partial charge on any atom is 0.270 e. The number of nitrogens with zero attached hydrogens (tertiary/aromatic N) is 1. The van der Waals surface area contributed by atoms with Crippen LogP contribution in [0.1, 0.15) is 12.5 Å². The molecule has 1 aliphatic heterocycles. The van der Waals surface area contributed by atoms with E-state index in [-0.39, 0.29) is 11.7 Å². The van der Waals surface area contributed by atoms with Gasteiger partial charge in [0.1, 0.15) is 11.6 Å². The van der Waals surface area contributed by atoms with Gasteiger partial charge in [-0.15, -0.1) is 0 Å². The predicted octanol–water partition coefficient (Wildman–Crippen LogP) is 4.63. The summed E-state index contributed by atoms with van der Waals surface area (Å²) in [5.41, 5.74) is 1.37. The lowest BCUT2D eigenvalue weighted by atomic mass is 10.2. The number of carbonyl (C=O) groups excluding carboxylic acids is 1. The van der Waals surface area contributed by atoms with Crippen molar-refractivity contribution in [2.24, 2.45) is 0 Å². The molecular formula is C18H14FNO2S2. The van der Waals surface area contributed by atoms with Crippen LogP contribution < -0.4 is 9.64 Å². The van der Waals surface area contributed by atoms with Crippen LogP contribution in [0.25, 0.3) is 6.08 Å². The van der Waals surface area contributed by atoms with Gasteiger partial charge >= 0.3 is 0 Å². The number of hydrogen-bond acceptors (Lipinski definition) is 4. The van der Waals surface area contributed by atoms with Crippen molar-refractivity contribution in [2.75, 3.05) is 11.5 Å². The van der Waals surface area contributed by atoms with Crippen LogP contribution in [0.2, 0.25) is 0 Å². The molecule has 1 amide bonds. The lowest BCUT2D eigenvalue weighted by Crippen LogP contribution is -2.27. The summed E-state index contributed by atoms with van der Waals surface area (Å²) in [5.74, 6) is 0.139. The van der Waals surface area contributed by atoms with Crippen LogP contribution in [-0.4, -0.2) is 16.8 Å². The number of thiocarbonyl (C=S) groups is 1. The van der Waals surface area contributed by atoms with Crippen LogP contribution in [0, 0.1) is 5.82 Å². The Hall–Kier alpha value is -2.18. The van der Waals surface area contributed by atoms with Crippen LogP contribution in [0.3, 0.4) is 0 Å². The number of hydrogen-bond donors (Lipinski definition) is 0. The Labute approximate surface area is 149 Å². The van der Waals surface area contributed by atoms with Gasteiger partial charge in [-0.25, -0.2) is 4.39 Å². The van der Waals surface area contributed by atoms with Crippen LogP contribution in [0.15, 0.2) is 53.4 Å². The van der Waals surface area contributed by atoms with E-state index >= 15 is 0 Å². The maximum atomic E-state index is 13.1. The van der Waals surface area contributed by atoms with Gasteiger partial charge in [0, 0.05) is 5.56 Å². The smallest absolute Gasteiger partial charge is 0.270 e. The predicted molar refractivity (Wildman–Crippen MR) is 99.7 cm³/mol. The zero-order valence-electron chi connectivity index (χ0n) is 12.9. The van der Waals surface area contributed by atoms with Gasteiger partial charge in [-0.1, -0.05) is 42.2 Å². The molecule has 0 saturated carbocycles. The van der Waals surface area contributed by atoms with Crippen molar-refractivity contribution in [3.63, 3.8) is 0 Å². The molecule has 0 bridgehead atoms. The van der Waals surface area contributed by atoms with Crippen LogP contribution >= 0.6 is 24.0 Å². The van der Waals surface area contributed by atoms with Crippen LogP contribution in [-0.2, 0) is 4.79 Å². The number of ether oxygens (including phenoxy) is 1. The molecule has 2 aromatic carbocycles. The lowest BCUT2D eigenvalue weighted by Gasteiger charge is -2.14. The first-order chi connectivity index (χ1) is 11.6.